The van der Waals surface area contributed by atoms with Gasteiger partial charge in [-0.25, -0.2) is 14.3 Å². The average Bonchev–Trinajstić information content (AvgIpc) is 3.58. The molecule has 42 heavy (non-hydrogen) atoms. The first-order valence-corrected chi connectivity index (χ1v) is 15.5. The third-order valence-corrected chi connectivity index (χ3v) is 9.09. The van der Waals surface area contributed by atoms with Gasteiger partial charge in [-0.15, -0.1) is 0 Å². The number of fused-ring (bicyclic) bond motifs is 2. The zero-order valence-corrected chi connectivity index (χ0v) is 24.7. The summed E-state index contributed by atoms with van der Waals surface area (Å²) in [5.41, 5.74) is 6.03. The number of carbonyl (C=O) groups excluding carboxylic acids is 1. The minimum atomic E-state index is -4.00. The maximum absolute atomic E-state index is 13.4. The van der Waals surface area contributed by atoms with Gasteiger partial charge in [0.15, 0.2) is 29.1 Å². The van der Waals surface area contributed by atoms with Crippen LogP contribution in [0, 0.1) is 0 Å². The zero-order chi connectivity index (χ0) is 29.5. The highest BCUT2D eigenvalue weighted by molar-refractivity contribution is 7.48. The van der Waals surface area contributed by atoms with Crippen LogP contribution in [0.25, 0.3) is 11.2 Å². The van der Waals surface area contributed by atoms with Gasteiger partial charge in [0.25, 0.3) is 0 Å². The monoisotopic (exact) mass is 623 g/mol. The van der Waals surface area contributed by atoms with Gasteiger partial charge in [-0.3, -0.25) is 18.1 Å². The Labute approximate surface area is 246 Å². The van der Waals surface area contributed by atoms with Crippen molar-refractivity contribution >= 4 is 42.7 Å². The van der Waals surface area contributed by atoms with E-state index >= 15 is 0 Å². The summed E-state index contributed by atoms with van der Waals surface area (Å²) in [5.74, 6) is 0.227. The number of nitrogens with zero attached hydrogens (tertiary/aromatic N) is 4. The molecule has 0 unspecified atom stereocenters. The van der Waals surface area contributed by atoms with Crippen molar-refractivity contribution in [2.75, 3.05) is 25.6 Å². The minimum Gasteiger partial charge on any atom is -0.476 e. The molecule has 14 nitrogen and oxygen atoms in total. The van der Waals surface area contributed by atoms with Crippen LogP contribution >= 0.6 is 19.4 Å². The molecule has 3 saturated heterocycles. The third kappa shape index (κ3) is 5.54. The normalized spacial score (nSPS) is 30.7. The first-order chi connectivity index (χ1) is 20.2. The number of halogens is 1. The Morgan fingerprint density at radius 3 is 2.95 bits per heavy atom. The number of carbonyl (C=O) groups is 1. The van der Waals surface area contributed by atoms with Gasteiger partial charge in [0.05, 0.1) is 25.9 Å². The van der Waals surface area contributed by atoms with E-state index in [4.69, 9.17) is 49.9 Å². The SMILES string of the molecule is CCCCCOc1nc(N)nc2ncn([C@@H]3O[C@H](CO[P@@]4(=O)OCC[C@@H](c5cccc(Cl)c5)O4)[C@H]4OC(=O)O[C@]43C)c12. The fourth-order valence-corrected chi connectivity index (χ4v) is 6.96. The number of rotatable bonds is 10. The van der Waals surface area contributed by atoms with Crippen molar-refractivity contribution in [1.29, 1.82) is 0 Å². The summed E-state index contributed by atoms with van der Waals surface area (Å²) in [5, 5.41) is 0.528. The number of phosphoric ester groups is 1. The van der Waals surface area contributed by atoms with Crippen LogP contribution in [-0.2, 0) is 32.3 Å². The van der Waals surface area contributed by atoms with Crippen molar-refractivity contribution in [3.63, 3.8) is 0 Å². The van der Waals surface area contributed by atoms with E-state index in [-0.39, 0.29) is 30.7 Å². The Balaban J connectivity index is 1.23. The van der Waals surface area contributed by atoms with Crippen LogP contribution < -0.4 is 10.5 Å². The largest absolute Gasteiger partial charge is 0.509 e. The van der Waals surface area contributed by atoms with E-state index in [1.54, 1.807) is 29.7 Å². The number of benzene rings is 1. The average molecular weight is 624 g/mol. The van der Waals surface area contributed by atoms with E-state index in [0.717, 1.165) is 24.8 Å². The number of nitrogen functional groups attached to an aromatic ring is 1. The molecule has 1 aromatic carbocycles. The molecule has 16 heteroatoms. The predicted octanol–water partition coefficient (Wildman–Crippen LogP) is 5.13. The molecule has 3 aliphatic heterocycles. The Morgan fingerprint density at radius 2 is 2.14 bits per heavy atom. The van der Waals surface area contributed by atoms with E-state index in [9.17, 15) is 9.36 Å². The molecule has 6 atom stereocenters. The predicted molar refractivity (Wildman–Crippen MR) is 148 cm³/mol. The Hall–Kier alpha value is -3.00. The van der Waals surface area contributed by atoms with Crippen LogP contribution in [0.3, 0.4) is 0 Å². The number of nitrogens with two attached hydrogens (primary N) is 1. The number of aromatic nitrogens is 4. The van der Waals surface area contributed by atoms with Crippen molar-refractivity contribution in [2.24, 2.45) is 0 Å². The highest BCUT2D eigenvalue weighted by atomic mass is 35.5. The van der Waals surface area contributed by atoms with Gasteiger partial charge < -0.3 is 24.7 Å². The lowest BCUT2D eigenvalue weighted by Crippen LogP contribution is -2.42. The molecule has 0 amide bonds. The molecule has 0 spiro atoms. The summed E-state index contributed by atoms with van der Waals surface area (Å²) in [7, 11) is -4.00. The van der Waals surface area contributed by atoms with Gasteiger partial charge in [0.1, 0.15) is 12.4 Å². The van der Waals surface area contributed by atoms with Crippen molar-refractivity contribution in [3.05, 3.63) is 41.2 Å². The van der Waals surface area contributed by atoms with Crippen LogP contribution in [-0.4, -0.2) is 63.3 Å². The lowest BCUT2D eigenvalue weighted by Gasteiger charge is -2.30. The maximum Gasteiger partial charge on any atom is 0.509 e. The first-order valence-electron chi connectivity index (χ1n) is 13.7. The molecule has 226 valence electrons. The number of ether oxygens (including phenoxy) is 4. The summed E-state index contributed by atoms with van der Waals surface area (Å²) in [6, 6.07) is 7.08. The molecule has 0 aliphatic carbocycles. The molecule has 3 aromatic rings. The Bertz CT molecular complexity index is 1520. The van der Waals surface area contributed by atoms with Crippen LogP contribution in [0.2, 0.25) is 5.02 Å². The number of hydrogen-bond donors (Lipinski definition) is 1. The van der Waals surface area contributed by atoms with E-state index < -0.39 is 44.1 Å². The molecular formula is C26H31ClN5O9P. The molecule has 2 aromatic heterocycles. The highest BCUT2D eigenvalue weighted by Gasteiger charge is 2.64. The first kappa shape index (κ1) is 29.1. The summed E-state index contributed by atoms with van der Waals surface area (Å²) < 4.78 is 55.4. The van der Waals surface area contributed by atoms with Crippen molar-refractivity contribution in [3.8, 4) is 5.88 Å². The van der Waals surface area contributed by atoms with Gasteiger partial charge in [-0.05, 0) is 31.0 Å². The topological polar surface area (TPSA) is 168 Å². The molecule has 2 N–H and O–H groups in total. The quantitative estimate of drug-likeness (QED) is 0.179. The van der Waals surface area contributed by atoms with Crippen LogP contribution in [0.1, 0.15) is 57.4 Å². The number of imidazole rings is 1. The third-order valence-electron chi connectivity index (χ3n) is 7.38. The van der Waals surface area contributed by atoms with Gasteiger partial charge in [0, 0.05) is 11.4 Å². The summed E-state index contributed by atoms with van der Waals surface area (Å²) in [4.78, 5) is 25.2. The standard InChI is InChI=1S/C26H31ClN5O9P/c1-3-4-5-10-35-22-19-21(30-24(28)31-22)29-14-32(19)23-26(2)20(39-25(33)40-26)18(38-23)13-37-42(34)36-11-9-17(41-42)15-7-6-8-16(27)12-15/h6-8,12,14,17-18,20,23H,3-5,9-11,13H2,1-2H3,(H2,28,30,31)/t17-,18+,20+,23+,26+,42+/m0/s1. The fourth-order valence-electron chi connectivity index (χ4n) is 5.37. The summed E-state index contributed by atoms with van der Waals surface area (Å²) >= 11 is 6.12. The zero-order valence-electron chi connectivity index (χ0n) is 23.0. The van der Waals surface area contributed by atoms with E-state index in [1.807, 2.05) is 6.07 Å². The van der Waals surface area contributed by atoms with Gasteiger partial charge in [0.2, 0.25) is 11.8 Å². The van der Waals surface area contributed by atoms with Crippen molar-refractivity contribution in [1.82, 2.24) is 19.5 Å². The second-order valence-electron chi connectivity index (χ2n) is 10.4. The van der Waals surface area contributed by atoms with Gasteiger partial charge >= 0.3 is 14.0 Å². The van der Waals surface area contributed by atoms with Crippen LogP contribution in [0.15, 0.2) is 30.6 Å². The second-order valence-corrected chi connectivity index (χ2v) is 12.4. The highest BCUT2D eigenvalue weighted by Crippen LogP contribution is 2.58. The van der Waals surface area contributed by atoms with E-state index in [0.29, 0.717) is 23.6 Å². The van der Waals surface area contributed by atoms with E-state index in [1.165, 1.54) is 6.33 Å². The second kappa shape index (κ2) is 11.6. The molecule has 3 aliphatic rings. The summed E-state index contributed by atoms with van der Waals surface area (Å²) in [6.07, 6.45) is 0.578. The Morgan fingerprint density at radius 1 is 1.29 bits per heavy atom. The fraction of sp³-hybridized carbons (Fsp3) is 0.538. The number of anilines is 1. The molecule has 0 saturated carbocycles. The van der Waals surface area contributed by atoms with Gasteiger partial charge in [-0.2, -0.15) is 9.97 Å². The van der Waals surface area contributed by atoms with E-state index in [2.05, 4.69) is 21.9 Å². The number of unbranched alkanes of at least 4 members (excludes halogenated alkanes) is 2. The molecule has 0 radical (unpaired) electrons. The Kier molecular flexibility index (Phi) is 8.03. The lowest BCUT2D eigenvalue weighted by molar-refractivity contribution is -0.0924. The maximum atomic E-state index is 13.4. The molecular weight excluding hydrogens is 593 g/mol. The lowest BCUT2D eigenvalue weighted by atomic mass is 9.96. The van der Waals surface area contributed by atoms with Gasteiger partial charge in [-0.1, -0.05) is 43.5 Å². The number of hydrogen-bond acceptors (Lipinski definition) is 13. The summed E-state index contributed by atoms with van der Waals surface area (Å²) in [6.45, 7) is 4.03. The molecule has 5 heterocycles. The number of phosphoric acid groups is 1. The van der Waals surface area contributed by atoms with Crippen LogP contribution in [0.5, 0.6) is 5.88 Å². The van der Waals surface area contributed by atoms with Crippen molar-refractivity contribution < 1.29 is 41.9 Å². The smallest absolute Gasteiger partial charge is 0.476 e. The van der Waals surface area contributed by atoms with Crippen LogP contribution in [0.4, 0.5) is 10.7 Å². The molecule has 6 rings (SSSR count). The molecule has 0 bridgehead atoms. The molecule has 3 fully saturated rings. The van der Waals surface area contributed by atoms with Crippen molar-refractivity contribution in [2.45, 2.75) is 69.7 Å². The minimum absolute atomic E-state index is 0.00449.